The molecule has 4 nitrogen and oxygen atoms in total. The van der Waals surface area contributed by atoms with Gasteiger partial charge >= 0.3 is 0 Å². The molecule has 0 aliphatic carbocycles. The van der Waals surface area contributed by atoms with Crippen LogP contribution in [0.3, 0.4) is 0 Å². The Morgan fingerprint density at radius 2 is 1.83 bits per heavy atom. The Morgan fingerprint density at radius 3 is 2.47 bits per heavy atom. The third-order valence-corrected chi connectivity index (χ3v) is 7.46. The zero-order valence-electron chi connectivity index (χ0n) is 17.1. The van der Waals surface area contributed by atoms with Gasteiger partial charge in [-0.05, 0) is 42.3 Å². The van der Waals surface area contributed by atoms with E-state index in [9.17, 15) is 9.47 Å². The summed E-state index contributed by atoms with van der Waals surface area (Å²) in [6.45, 7) is 2.09. The number of pyridine rings is 1. The molecule has 1 atom stereocenters. The summed E-state index contributed by atoms with van der Waals surface area (Å²) in [4.78, 5) is 4.77. The van der Waals surface area contributed by atoms with Crippen LogP contribution < -0.4 is 4.74 Å². The van der Waals surface area contributed by atoms with Gasteiger partial charge in [-0.1, -0.05) is 55.4 Å². The highest BCUT2D eigenvalue weighted by molar-refractivity contribution is 8.10. The van der Waals surface area contributed by atoms with E-state index in [1.165, 1.54) is 11.8 Å². The number of nitrogens with zero attached hydrogens (tertiary/aromatic N) is 2. The van der Waals surface area contributed by atoms with Gasteiger partial charge in [0.15, 0.2) is 0 Å². The van der Waals surface area contributed by atoms with Crippen molar-refractivity contribution in [1.29, 1.82) is 5.26 Å². The Bertz CT molecular complexity index is 1050. The van der Waals surface area contributed by atoms with Gasteiger partial charge in [-0.2, -0.15) is 5.26 Å². The highest BCUT2D eigenvalue weighted by Gasteiger charge is 2.16. The number of hydrogen-bond acceptors (Lipinski definition) is 5. The largest absolute Gasteiger partial charge is 0.497 e. The molecule has 0 radical (unpaired) electrons. The van der Waals surface area contributed by atoms with Gasteiger partial charge in [0.2, 0.25) is 0 Å². The van der Waals surface area contributed by atoms with Gasteiger partial charge in [-0.3, -0.25) is 4.21 Å². The number of aromatic nitrogens is 1. The molecule has 2 aromatic carbocycles. The van der Waals surface area contributed by atoms with Crippen molar-refractivity contribution in [3.8, 4) is 34.2 Å². The maximum Gasteiger partial charge on any atom is 0.118 e. The summed E-state index contributed by atoms with van der Waals surface area (Å²) in [7, 11) is 0.695. The van der Waals surface area contributed by atoms with Crippen LogP contribution in [0.25, 0.3) is 22.4 Å². The lowest BCUT2D eigenvalue weighted by Gasteiger charge is -2.13. The van der Waals surface area contributed by atoms with E-state index in [-0.39, 0.29) is 0 Å². The lowest BCUT2D eigenvalue weighted by Crippen LogP contribution is -2.02. The highest BCUT2D eigenvalue weighted by atomic mass is 32.2. The fourth-order valence-electron chi connectivity index (χ4n) is 2.97. The summed E-state index contributed by atoms with van der Waals surface area (Å²) in [5.74, 6) is 1.45. The number of rotatable bonds is 9. The van der Waals surface area contributed by atoms with Crippen LogP contribution in [0.1, 0.15) is 25.3 Å². The minimum Gasteiger partial charge on any atom is -0.497 e. The smallest absolute Gasteiger partial charge is 0.118 e. The minimum atomic E-state index is -0.940. The Morgan fingerprint density at radius 1 is 1.10 bits per heavy atom. The first kappa shape index (κ1) is 22.1. The van der Waals surface area contributed by atoms with E-state index in [4.69, 9.17) is 9.72 Å². The molecule has 0 unspecified atom stereocenters. The zero-order valence-corrected chi connectivity index (χ0v) is 18.8. The Balaban J connectivity index is 2.04. The summed E-state index contributed by atoms with van der Waals surface area (Å²) in [6, 6.07) is 21.8. The van der Waals surface area contributed by atoms with E-state index >= 15 is 0 Å². The van der Waals surface area contributed by atoms with E-state index in [0.717, 1.165) is 41.0 Å². The predicted octanol–water partition coefficient (Wildman–Crippen LogP) is 5.89. The van der Waals surface area contributed by atoms with Gasteiger partial charge in [0.1, 0.15) is 16.8 Å². The van der Waals surface area contributed by atoms with Crippen molar-refractivity contribution >= 4 is 22.6 Å². The molecule has 0 aliphatic heterocycles. The second-order valence-electron chi connectivity index (χ2n) is 6.70. The van der Waals surface area contributed by atoms with Gasteiger partial charge in [0, 0.05) is 27.7 Å². The SMILES string of the molecule is CCCC[S@](=O)CSc1nc(-c2ccc(OC)cc2)cc(-c2ccccc2)c1C#N. The normalized spacial score (nSPS) is 11.6. The van der Waals surface area contributed by atoms with Gasteiger partial charge in [-0.15, -0.1) is 0 Å². The fraction of sp³-hybridized carbons (Fsp3) is 0.250. The number of thioether (sulfide) groups is 1. The molecule has 30 heavy (non-hydrogen) atoms. The molecule has 0 aliphatic rings. The van der Waals surface area contributed by atoms with Crippen molar-refractivity contribution in [2.24, 2.45) is 0 Å². The van der Waals surface area contributed by atoms with E-state index < -0.39 is 10.8 Å². The number of benzene rings is 2. The number of methoxy groups -OCH3 is 1. The molecule has 0 fully saturated rings. The van der Waals surface area contributed by atoms with Crippen molar-refractivity contribution < 1.29 is 8.95 Å². The molecule has 1 aromatic heterocycles. The second-order valence-corrected chi connectivity index (χ2v) is 9.61. The van der Waals surface area contributed by atoms with Crippen LogP contribution in [0.5, 0.6) is 5.75 Å². The standard InChI is InChI=1S/C24H24N2O2S2/c1-3-4-14-30(27)17-29-24-22(16-25)21(18-8-6-5-7-9-18)15-23(26-24)19-10-12-20(28-2)13-11-19/h5-13,15H,3-4,14,17H2,1-2H3/t30-/m0/s1. The molecule has 1 heterocycles. The van der Waals surface area contributed by atoms with Crippen LogP contribution in [0.15, 0.2) is 65.7 Å². The van der Waals surface area contributed by atoms with Crippen molar-refractivity contribution in [2.45, 2.75) is 24.8 Å². The van der Waals surface area contributed by atoms with E-state index in [1.807, 2.05) is 60.7 Å². The van der Waals surface area contributed by atoms with Crippen LogP contribution in [0.2, 0.25) is 0 Å². The number of ether oxygens (including phenoxy) is 1. The summed E-state index contributed by atoms with van der Waals surface area (Å²) in [6.07, 6.45) is 1.95. The first-order valence-electron chi connectivity index (χ1n) is 9.79. The van der Waals surface area contributed by atoms with Gasteiger partial charge in [-0.25, -0.2) is 4.98 Å². The van der Waals surface area contributed by atoms with Crippen LogP contribution in [0, 0.1) is 11.3 Å². The third kappa shape index (κ3) is 5.50. The zero-order chi connectivity index (χ0) is 21.3. The first-order chi connectivity index (χ1) is 14.7. The molecule has 154 valence electrons. The summed E-state index contributed by atoms with van der Waals surface area (Å²) < 4.78 is 17.6. The van der Waals surface area contributed by atoms with Crippen molar-refractivity contribution in [3.05, 3.63) is 66.2 Å². The number of unbranched alkanes of at least 4 members (excludes halogenated alkanes) is 1. The predicted molar refractivity (Wildman–Crippen MR) is 125 cm³/mol. The molecule has 0 saturated heterocycles. The molecular formula is C24H24N2O2S2. The Hall–Kier alpha value is -2.62. The molecule has 0 saturated carbocycles. The van der Waals surface area contributed by atoms with Gasteiger partial charge in [0.25, 0.3) is 0 Å². The molecule has 6 heteroatoms. The summed E-state index contributed by atoms with van der Waals surface area (Å²) >= 11 is 1.40. The first-order valence-corrected chi connectivity index (χ1v) is 12.3. The Kier molecular flexibility index (Phi) is 8.06. The Labute approximate surface area is 184 Å². The lowest BCUT2D eigenvalue weighted by molar-refractivity contribution is 0.415. The monoisotopic (exact) mass is 436 g/mol. The maximum absolute atomic E-state index is 12.3. The molecular weight excluding hydrogens is 412 g/mol. The molecule has 0 bridgehead atoms. The summed E-state index contributed by atoms with van der Waals surface area (Å²) in [5.41, 5.74) is 4.03. The van der Waals surface area contributed by atoms with Crippen LogP contribution in [-0.4, -0.2) is 27.1 Å². The molecule has 0 amide bonds. The van der Waals surface area contributed by atoms with Crippen molar-refractivity contribution in [1.82, 2.24) is 4.98 Å². The van der Waals surface area contributed by atoms with E-state index in [2.05, 4.69) is 13.0 Å². The van der Waals surface area contributed by atoms with Crippen LogP contribution in [0.4, 0.5) is 0 Å². The maximum atomic E-state index is 12.3. The van der Waals surface area contributed by atoms with E-state index in [1.54, 1.807) is 7.11 Å². The second kappa shape index (κ2) is 11.0. The van der Waals surface area contributed by atoms with Crippen molar-refractivity contribution in [3.63, 3.8) is 0 Å². The van der Waals surface area contributed by atoms with E-state index in [0.29, 0.717) is 21.4 Å². The molecule has 0 spiro atoms. The number of nitriles is 1. The van der Waals surface area contributed by atoms with Gasteiger partial charge in [0.05, 0.1) is 23.5 Å². The minimum absolute atomic E-state index is 0.433. The average Bonchev–Trinajstić information content (AvgIpc) is 2.81. The summed E-state index contributed by atoms with van der Waals surface area (Å²) in [5, 5.41) is 11.0. The van der Waals surface area contributed by atoms with Crippen LogP contribution >= 0.6 is 11.8 Å². The quantitative estimate of drug-likeness (QED) is 0.391. The molecule has 3 aromatic rings. The van der Waals surface area contributed by atoms with Crippen molar-refractivity contribution in [2.75, 3.05) is 17.9 Å². The lowest BCUT2D eigenvalue weighted by atomic mass is 9.99. The highest BCUT2D eigenvalue weighted by Crippen LogP contribution is 2.34. The molecule has 0 N–H and O–H groups in total. The topological polar surface area (TPSA) is 63.0 Å². The fourth-order valence-corrected chi connectivity index (χ4v) is 5.49. The van der Waals surface area contributed by atoms with Crippen LogP contribution in [-0.2, 0) is 10.8 Å². The molecule has 3 rings (SSSR count). The third-order valence-electron chi connectivity index (χ3n) is 4.62. The average molecular weight is 437 g/mol. The van der Waals surface area contributed by atoms with Gasteiger partial charge < -0.3 is 4.74 Å². The number of hydrogen-bond donors (Lipinski definition) is 0.